The van der Waals surface area contributed by atoms with Crippen LogP contribution in [0.5, 0.6) is 0 Å². The molecule has 2 heterocycles. The van der Waals surface area contributed by atoms with E-state index in [1.165, 1.54) is 21.6 Å². The second-order valence-electron chi connectivity index (χ2n) is 8.34. The molecule has 0 unspecified atom stereocenters. The molecule has 6 nitrogen and oxygen atoms in total. The number of amides is 2. The van der Waals surface area contributed by atoms with Crippen molar-refractivity contribution in [2.75, 3.05) is 6.54 Å². The Balaban J connectivity index is 1.35. The van der Waals surface area contributed by atoms with E-state index in [0.717, 1.165) is 22.9 Å². The Labute approximate surface area is 249 Å². The Hall–Kier alpha value is -2.21. The zero-order valence-corrected chi connectivity index (χ0v) is 24.4. The summed E-state index contributed by atoms with van der Waals surface area (Å²) in [6, 6.07) is 13.0. The molecule has 2 amide bonds. The number of hydrogen-bond acceptors (Lipinski definition) is 7. The average molecular weight is 624 g/mol. The quantitative estimate of drug-likeness (QED) is 0.188. The molecule has 1 N–H and O–H groups in total. The van der Waals surface area contributed by atoms with Crippen molar-refractivity contribution in [1.29, 1.82) is 0 Å². The maximum Gasteiger partial charge on any atom is 0.326 e. The summed E-state index contributed by atoms with van der Waals surface area (Å²) >= 11 is 24.9. The summed E-state index contributed by atoms with van der Waals surface area (Å²) in [5, 5.41) is 11.0. The lowest BCUT2D eigenvalue weighted by Crippen LogP contribution is -2.44. The predicted octanol–water partition coefficient (Wildman–Crippen LogP) is 6.72. The standard InChI is InChI=1S/C26H20Cl2N2O4S4/c27-17-8-4-15(5-9-17)13-20-22(31)29(25(35)37-20)12-2-1-3-19(24(33)34)30-23(32)21(38-26(30)36)14-16-6-10-18(28)11-7-16/h4-11,13-14,19H,1-3,12H2,(H,33,34)/b20-13+,21-14+/t19-/m0/s1. The van der Waals surface area contributed by atoms with Gasteiger partial charge in [0.2, 0.25) is 0 Å². The van der Waals surface area contributed by atoms with E-state index in [1.807, 2.05) is 12.1 Å². The first-order valence-corrected chi connectivity index (χ1v) is 14.6. The molecular formula is C26H20Cl2N2O4S4. The van der Waals surface area contributed by atoms with Gasteiger partial charge in [-0.1, -0.05) is 95.4 Å². The van der Waals surface area contributed by atoms with Gasteiger partial charge in [-0.3, -0.25) is 19.4 Å². The molecule has 2 aromatic rings. The van der Waals surface area contributed by atoms with Crippen LogP contribution in [0.4, 0.5) is 0 Å². The lowest BCUT2D eigenvalue weighted by molar-refractivity contribution is -0.145. The minimum absolute atomic E-state index is 0.186. The molecule has 196 valence electrons. The molecule has 2 aromatic carbocycles. The number of unbranched alkanes of at least 4 members (excludes halogenated alkanes) is 1. The van der Waals surface area contributed by atoms with Crippen molar-refractivity contribution in [2.24, 2.45) is 0 Å². The van der Waals surface area contributed by atoms with Gasteiger partial charge in [0.1, 0.15) is 14.7 Å². The highest BCUT2D eigenvalue weighted by Crippen LogP contribution is 2.36. The molecule has 2 fully saturated rings. The van der Waals surface area contributed by atoms with Crippen LogP contribution in [-0.4, -0.2) is 53.9 Å². The fourth-order valence-corrected chi connectivity index (χ4v) is 6.75. The summed E-state index contributed by atoms with van der Waals surface area (Å²) in [5.41, 5.74) is 1.60. The number of benzene rings is 2. The van der Waals surface area contributed by atoms with Gasteiger partial charge in [0.25, 0.3) is 11.8 Å². The van der Waals surface area contributed by atoms with Gasteiger partial charge in [0.15, 0.2) is 0 Å². The second-order valence-corrected chi connectivity index (χ2v) is 12.6. The van der Waals surface area contributed by atoms with Gasteiger partial charge >= 0.3 is 5.97 Å². The van der Waals surface area contributed by atoms with Gasteiger partial charge in [-0.25, -0.2) is 4.79 Å². The van der Waals surface area contributed by atoms with E-state index in [4.69, 9.17) is 47.6 Å². The third-order valence-electron chi connectivity index (χ3n) is 5.74. The third kappa shape index (κ3) is 6.86. The maximum absolute atomic E-state index is 13.0. The van der Waals surface area contributed by atoms with E-state index in [0.29, 0.717) is 43.6 Å². The van der Waals surface area contributed by atoms with E-state index in [9.17, 15) is 19.5 Å². The molecule has 0 saturated carbocycles. The summed E-state index contributed by atoms with van der Waals surface area (Å²) in [6.45, 7) is 0.351. The molecule has 0 radical (unpaired) electrons. The Morgan fingerprint density at radius 2 is 1.34 bits per heavy atom. The molecule has 1 atom stereocenters. The van der Waals surface area contributed by atoms with Crippen LogP contribution in [0.2, 0.25) is 10.0 Å². The number of halogens is 2. The topological polar surface area (TPSA) is 77.9 Å². The van der Waals surface area contributed by atoms with Gasteiger partial charge in [-0.15, -0.1) is 0 Å². The minimum Gasteiger partial charge on any atom is -0.480 e. The number of hydrogen-bond donors (Lipinski definition) is 1. The Kier molecular flexibility index (Phi) is 9.67. The van der Waals surface area contributed by atoms with Gasteiger partial charge in [-0.05, 0) is 66.8 Å². The second kappa shape index (κ2) is 12.8. The van der Waals surface area contributed by atoms with Crippen molar-refractivity contribution < 1.29 is 19.5 Å². The van der Waals surface area contributed by atoms with Crippen LogP contribution in [-0.2, 0) is 14.4 Å². The smallest absolute Gasteiger partial charge is 0.326 e. The third-order valence-corrected chi connectivity index (χ3v) is 8.95. The molecule has 0 aromatic heterocycles. The number of carbonyl (C=O) groups excluding carboxylic acids is 2. The minimum atomic E-state index is -1.13. The lowest BCUT2D eigenvalue weighted by Gasteiger charge is -2.23. The van der Waals surface area contributed by atoms with Gasteiger partial charge in [-0.2, -0.15) is 0 Å². The zero-order valence-electron chi connectivity index (χ0n) is 19.6. The molecule has 2 aliphatic rings. The normalized spacial score (nSPS) is 18.8. The molecule has 38 heavy (non-hydrogen) atoms. The maximum atomic E-state index is 13.0. The van der Waals surface area contributed by atoms with Crippen molar-refractivity contribution in [2.45, 2.75) is 25.3 Å². The molecule has 2 aliphatic heterocycles. The first kappa shape index (κ1) is 28.8. The van der Waals surface area contributed by atoms with E-state index < -0.39 is 17.9 Å². The largest absolute Gasteiger partial charge is 0.480 e. The van der Waals surface area contributed by atoms with Gasteiger partial charge < -0.3 is 5.11 Å². The highest BCUT2D eigenvalue weighted by molar-refractivity contribution is 8.27. The zero-order chi connectivity index (χ0) is 27.4. The highest BCUT2D eigenvalue weighted by Gasteiger charge is 2.40. The first-order valence-electron chi connectivity index (χ1n) is 11.4. The van der Waals surface area contributed by atoms with Crippen molar-refractivity contribution in [3.05, 3.63) is 79.5 Å². The molecular weight excluding hydrogens is 603 g/mol. The molecule has 12 heteroatoms. The van der Waals surface area contributed by atoms with E-state index in [-0.39, 0.29) is 16.6 Å². The molecule has 0 bridgehead atoms. The monoisotopic (exact) mass is 622 g/mol. The Morgan fingerprint density at radius 3 is 1.87 bits per heavy atom. The number of aliphatic carboxylic acids is 1. The number of carboxylic acid groups (broad SMARTS) is 1. The summed E-state index contributed by atoms with van der Waals surface area (Å²) in [5.74, 6) is -1.76. The van der Waals surface area contributed by atoms with Gasteiger partial charge in [0.05, 0.1) is 9.81 Å². The van der Waals surface area contributed by atoms with Crippen molar-refractivity contribution in [1.82, 2.24) is 9.80 Å². The van der Waals surface area contributed by atoms with Crippen LogP contribution in [0.25, 0.3) is 12.2 Å². The van der Waals surface area contributed by atoms with Crippen LogP contribution >= 0.6 is 71.2 Å². The summed E-state index contributed by atoms with van der Waals surface area (Å²) in [7, 11) is 0. The lowest BCUT2D eigenvalue weighted by atomic mass is 10.1. The SMILES string of the molecule is O=C(O)[C@H](CCCCN1C(=O)/C(=C\c2ccc(Cl)cc2)SC1=S)N1C(=O)/C(=C\c2ccc(Cl)cc2)SC1=S. The van der Waals surface area contributed by atoms with Crippen molar-refractivity contribution in [3.8, 4) is 0 Å². The molecule has 0 spiro atoms. The number of carboxylic acids is 1. The van der Waals surface area contributed by atoms with Crippen molar-refractivity contribution >= 4 is 110 Å². The van der Waals surface area contributed by atoms with E-state index >= 15 is 0 Å². The van der Waals surface area contributed by atoms with Gasteiger partial charge in [0, 0.05) is 16.6 Å². The number of thioether (sulfide) groups is 2. The number of carbonyl (C=O) groups is 3. The van der Waals surface area contributed by atoms with E-state index in [1.54, 1.807) is 48.6 Å². The highest BCUT2D eigenvalue weighted by atomic mass is 35.5. The van der Waals surface area contributed by atoms with Crippen LogP contribution < -0.4 is 0 Å². The van der Waals surface area contributed by atoms with Crippen LogP contribution in [0.1, 0.15) is 30.4 Å². The number of thiocarbonyl (C=S) groups is 2. The van der Waals surface area contributed by atoms with Crippen LogP contribution in [0, 0.1) is 0 Å². The van der Waals surface area contributed by atoms with Crippen LogP contribution in [0.3, 0.4) is 0 Å². The number of nitrogens with zero attached hydrogens (tertiary/aromatic N) is 2. The Bertz CT molecular complexity index is 1360. The van der Waals surface area contributed by atoms with Crippen LogP contribution in [0.15, 0.2) is 58.3 Å². The van der Waals surface area contributed by atoms with E-state index in [2.05, 4.69) is 0 Å². The summed E-state index contributed by atoms with van der Waals surface area (Å²) in [6.07, 6.45) is 4.59. The summed E-state index contributed by atoms with van der Waals surface area (Å²) in [4.78, 5) is 41.5. The first-order chi connectivity index (χ1) is 18.1. The Morgan fingerprint density at radius 1 is 0.842 bits per heavy atom. The fourth-order valence-electron chi connectivity index (χ4n) is 3.83. The van der Waals surface area contributed by atoms with Crippen molar-refractivity contribution in [3.63, 3.8) is 0 Å². The number of rotatable bonds is 9. The fraction of sp³-hybridized carbons (Fsp3) is 0.192. The average Bonchev–Trinajstić information content (AvgIpc) is 3.30. The molecule has 0 aliphatic carbocycles. The summed E-state index contributed by atoms with van der Waals surface area (Å²) < 4.78 is 0.654. The predicted molar refractivity (Wildman–Crippen MR) is 163 cm³/mol. The molecule has 2 saturated heterocycles. The molecule has 4 rings (SSSR count).